The first-order chi connectivity index (χ1) is 17.0. The van der Waals surface area contributed by atoms with Crippen LogP contribution in [-0.2, 0) is 12.8 Å². The fourth-order valence-electron chi connectivity index (χ4n) is 4.49. The molecule has 3 rings (SSSR count). The lowest BCUT2D eigenvalue weighted by molar-refractivity contribution is 0.0843. The third kappa shape index (κ3) is 6.20. The SMILES string of the molecule is CC(C)=CCC/C(C)=C/Cc1c(C2CC(=O)c3c(cc(O)c(CC=C(C)C)c3O)O2)ccc(O)c1C. The summed E-state index contributed by atoms with van der Waals surface area (Å²) < 4.78 is 6.20. The van der Waals surface area contributed by atoms with Crippen LogP contribution in [0.5, 0.6) is 23.0 Å². The van der Waals surface area contributed by atoms with Gasteiger partial charge in [-0.3, -0.25) is 4.79 Å². The van der Waals surface area contributed by atoms with E-state index in [1.54, 1.807) is 12.1 Å². The molecule has 0 aliphatic carbocycles. The number of fused-ring (bicyclic) bond motifs is 1. The van der Waals surface area contributed by atoms with E-state index < -0.39 is 6.10 Å². The monoisotopic (exact) mass is 490 g/mol. The van der Waals surface area contributed by atoms with Crippen LogP contribution >= 0.6 is 0 Å². The standard InChI is InChI=1S/C31H38O5/c1-18(2)8-7-9-20(5)11-13-22-21(6)25(32)15-14-23(22)28-17-27(34)30-29(36-28)16-26(33)24(31(30)35)12-10-19(3)4/h8,10-11,14-16,28,32-33,35H,7,9,12-13,17H2,1-6H3/b20-11+. The first kappa shape index (κ1) is 27.1. The van der Waals surface area contributed by atoms with Gasteiger partial charge >= 0.3 is 0 Å². The number of benzene rings is 2. The van der Waals surface area contributed by atoms with Crippen LogP contribution in [0.3, 0.4) is 0 Å². The van der Waals surface area contributed by atoms with Crippen molar-refractivity contribution < 1.29 is 24.9 Å². The summed E-state index contributed by atoms with van der Waals surface area (Å²) in [7, 11) is 0. The van der Waals surface area contributed by atoms with Gasteiger partial charge in [0.2, 0.25) is 0 Å². The number of Topliss-reactive ketones (excluding diaryl/α,β-unsaturated/α-hetero) is 1. The Labute approximate surface area is 214 Å². The van der Waals surface area contributed by atoms with Crippen molar-refractivity contribution in [1.82, 2.24) is 0 Å². The van der Waals surface area contributed by atoms with E-state index in [1.165, 1.54) is 17.2 Å². The van der Waals surface area contributed by atoms with Gasteiger partial charge in [0, 0.05) is 11.6 Å². The summed E-state index contributed by atoms with van der Waals surface area (Å²) in [6, 6.07) is 4.85. The van der Waals surface area contributed by atoms with Gasteiger partial charge in [0.05, 0.1) is 6.42 Å². The maximum absolute atomic E-state index is 13.2. The minimum atomic E-state index is -0.582. The molecule has 1 unspecified atom stereocenters. The van der Waals surface area contributed by atoms with E-state index >= 15 is 0 Å². The Morgan fingerprint density at radius 3 is 2.28 bits per heavy atom. The fraction of sp³-hybridized carbons (Fsp3) is 0.387. The van der Waals surface area contributed by atoms with Gasteiger partial charge in [-0.25, -0.2) is 0 Å². The summed E-state index contributed by atoms with van der Waals surface area (Å²) in [6.45, 7) is 12.0. The van der Waals surface area contributed by atoms with Crippen molar-refractivity contribution >= 4 is 5.78 Å². The zero-order chi connectivity index (χ0) is 26.6. The molecular formula is C31H38O5. The number of hydrogen-bond donors (Lipinski definition) is 3. The molecule has 0 saturated carbocycles. The minimum absolute atomic E-state index is 0.0634. The number of hydrogen-bond acceptors (Lipinski definition) is 5. The molecule has 5 nitrogen and oxygen atoms in total. The maximum atomic E-state index is 13.2. The number of ether oxygens (including phenoxy) is 1. The molecule has 2 aromatic rings. The van der Waals surface area contributed by atoms with Crippen LogP contribution in [0, 0.1) is 6.92 Å². The second kappa shape index (κ2) is 11.5. The van der Waals surface area contributed by atoms with Gasteiger partial charge in [-0.05, 0) is 90.0 Å². The number of phenolic OH excluding ortho intramolecular Hbond substituents is 3. The summed E-state index contributed by atoms with van der Waals surface area (Å²) in [5.41, 5.74) is 6.54. The highest BCUT2D eigenvalue weighted by atomic mass is 16.5. The molecule has 0 amide bonds. The quantitative estimate of drug-likeness (QED) is 0.332. The second-order valence-electron chi connectivity index (χ2n) is 10.2. The molecule has 1 atom stereocenters. The molecule has 192 valence electrons. The van der Waals surface area contributed by atoms with Gasteiger partial charge in [0.15, 0.2) is 5.78 Å². The Morgan fingerprint density at radius 2 is 1.61 bits per heavy atom. The summed E-state index contributed by atoms with van der Waals surface area (Å²) in [5, 5.41) is 31.8. The Bertz CT molecular complexity index is 1240. The van der Waals surface area contributed by atoms with Gasteiger partial charge in [-0.15, -0.1) is 0 Å². The summed E-state index contributed by atoms with van der Waals surface area (Å²) in [4.78, 5) is 13.2. The van der Waals surface area contributed by atoms with Crippen molar-refractivity contribution in [2.45, 2.75) is 79.8 Å². The van der Waals surface area contributed by atoms with E-state index in [-0.39, 0.29) is 40.8 Å². The number of carbonyl (C=O) groups excluding carboxylic acids is 1. The topological polar surface area (TPSA) is 87.0 Å². The van der Waals surface area contributed by atoms with Gasteiger partial charge in [-0.1, -0.05) is 41.0 Å². The first-order valence-electron chi connectivity index (χ1n) is 12.5. The predicted molar refractivity (Wildman–Crippen MR) is 144 cm³/mol. The van der Waals surface area contributed by atoms with E-state index in [1.807, 2.05) is 26.8 Å². The Hall–Kier alpha value is -3.47. The number of rotatable bonds is 8. The third-order valence-electron chi connectivity index (χ3n) is 6.68. The van der Waals surface area contributed by atoms with Crippen LogP contribution in [0.2, 0.25) is 0 Å². The van der Waals surface area contributed by atoms with Gasteiger partial charge in [0.1, 0.15) is 34.7 Å². The average Bonchev–Trinajstić information content (AvgIpc) is 2.78. The van der Waals surface area contributed by atoms with Crippen molar-refractivity contribution in [1.29, 1.82) is 0 Å². The number of phenols is 3. The van der Waals surface area contributed by atoms with Gasteiger partial charge in [0.25, 0.3) is 0 Å². The van der Waals surface area contributed by atoms with Crippen molar-refractivity contribution in [2.75, 3.05) is 0 Å². The molecule has 5 heteroatoms. The van der Waals surface area contributed by atoms with Crippen molar-refractivity contribution in [2.24, 2.45) is 0 Å². The van der Waals surface area contributed by atoms with Crippen molar-refractivity contribution in [3.8, 4) is 23.0 Å². The lowest BCUT2D eigenvalue weighted by atomic mass is 9.88. The number of ketones is 1. The molecule has 1 aliphatic rings. The molecule has 0 aromatic heterocycles. The molecule has 0 fully saturated rings. The molecule has 1 heterocycles. The van der Waals surface area contributed by atoms with Crippen LogP contribution < -0.4 is 4.74 Å². The van der Waals surface area contributed by atoms with E-state index in [2.05, 4.69) is 32.9 Å². The van der Waals surface area contributed by atoms with E-state index in [0.29, 0.717) is 18.4 Å². The Morgan fingerprint density at radius 1 is 0.944 bits per heavy atom. The molecular weight excluding hydrogens is 452 g/mol. The number of carbonyl (C=O) groups is 1. The average molecular weight is 491 g/mol. The molecule has 1 aliphatic heterocycles. The molecule has 0 saturated heterocycles. The largest absolute Gasteiger partial charge is 0.508 e. The lowest BCUT2D eigenvalue weighted by Crippen LogP contribution is -2.22. The summed E-state index contributed by atoms with van der Waals surface area (Å²) in [6.07, 6.45) is 8.62. The van der Waals surface area contributed by atoms with Crippen LogP contribution in [0.25, 0.3) is 0 Å². The molecule has 0 bridgehead atoms. The lowest BCUT2D eigenvalue weighted by Gasteiger charge is -2.29. The Balaban J connectivity index is 1.94. The summed E-state index contributed by atoms with van der Waals surface area (Å²) in [5.74, 6) is -0.178. The second-order valence-corrected chi connectivity index (χ2v) is 10.2. The highest BCUT2D eigenvalue weighted by Gasteiger charge is 2.33. The summed E-state index contributed by atoms with van der Waals surface area (Å²) >= 11 is 0. The predicted octanol–water partition coefficient (Wildman–Crippen LogP) is 7.56. The maximum Gasteiger partial charge on any atom is 0.174 e. The molecule has 3 N–H and O–H groups in total. The highest BCUT2D eigenvalue weighted by Crippen LogP contribution is 2.45. The fourth-order valence-corrected chi connectivity index (χ4v) is 4.49. The zero-order valence-electron chi connectivity index (χ0n) is 22.2. The third-order valence-corrected chi connectivity index (χ3v) is 6.68. The number of aromatic hydroxyl groups is 3. The molecule has 0 radical (unpaired) electrons. The van der Waals surface area contributed by atoms with E-state index in [4.69, 9.17) is 4.74 Å². The van der Waals surface area contributed by atoms with Crippen LogP contribution in [0.1, 0.15) is 92.6 Å². The van der Waals surface area contributed by atoms with Crippen LogP contribution in [0.4, 0.5) is 0 Å². The van der Waals surface area contributed by atoms with E-state index in [0.717, 1.165) is 35.1 Å². The molecule has 2 aromatic carbocycles. The zero-order valence-corrected chi connectivity index (χ0v) is 22.2. The first-order valence-corrected chi connectivity index (χ1v) is 12.5. The van der Waals surface area contributed by atoms with Crippen LogP contribution in [0.15, 0.2) is 53.1 Å². The van der Waals surface area contributed by atoms with Crippen molar-refractivity contribution in [3.63, 3.8) is 0 Å². The molecule has 0 spiro atoms. The smallest absolute Gasteiger partial charge is 0.174 e. The van der Waals surface area contributed by atoms with Gasteiger partial charge in [-0.2, -0.15) is 0 Å². The number of allylic oxidation sites excluding steroid dienone is 6. The molecule has 36 heavy (non-hydrogen) atoms. The minimum Gasteiger partial charge on any atom is -0.508 e. The normalized spacial score (nSPS) is 15.2. The van der Waals surface area contributed by atoms with Crippen LogP contribution in [-0.4, -0.2) is 21.1 Å². The Kier molecular flexibility index (Phi) is 8.67. The van der Waals surface area contributed by atoms with Gasteiger partial charge < -0.3 is 20.1 Å². The van der Waals surface area contributed by atoms with Crippen molar-refractivity contribution in [3.05, 3.63) is 81.0 Å². The highest BCUT2D eigenvalue weighted by molar-refractivity contribution is 6.03. The van der Waals surface area contributed by atoms with E-state index in [9.17, 15) is 20.1 Å².